The highest BCUT2D eigenvalue weighted by atomic mass is 16.4. The normalized spacial score (nSPS) is 11.4. The summed E-state index contributed by atoms with van der Waals surface area (Å²) in [6.07, 6.45) is 1.51. The van der Waals surface area contributed by atoms with Crippen LogP contribution >= 0.6 is 0 Å². The Morgan fingerprint density at radius 1 is 0.531 bits per heavy atom. The molecule has 0 bridgehead atoms. The van der Waals surface area contributed by atoms with Crippen LogP contribution in [0.4, 0.5) is 0 Å². The molecule has 4 aromatic carbocycles. The maximum absolute atomic E-state index is 6.41. The van der Waals surface area contributed by atoms with E-state index in [1.54, 1.807) is 0 Å². The summed E-state index contributed by atoms with van der Waals surface area (Å²) in [7, 11) is 0. The molecule has 0 aliphatic heterocycles. The number of aromatic nitrogens is 2. The average Bonchev–Trinajstić information content (AvgIpc) is 3.37. The van der Waals surface area contributed by atoms with E-state index in [4.69, 9.17) is 4.42 Å². The third kappa shape index (κ3) is 4.10. The van der Waals surface area contributed by atoms with Crippen molar-refractivity contribution >= 4 is 0 Å². The van der Waals surface area contributed by atoms with Gasteiger partial charge >= 0.3 is 0 Å². The third-order valence-corrected chi connectivity index (χ3v) is 5.88. The van der Waals surface area contributed by atoms with Crippen molar-refractivity contribution in [2.45, 2.75) is 18.3 Å². The van der Waals surface area contributed by atoms with E-state index in [0.29, 0.717) is 11.8 Å². The van der Waals surface area contributed by atoms with Gasteiger partial charge in [-0.1, -0.05) is 109 Å². The van der Waals surface area contributed by atoms with Gasteiger partial charge < -0.3 is 4.42 Å². The van der Waals surface area contributed by atoms with Crippen LogP contribution in [-0.2, 0) is 18.3 Å². The zero-order valence-corrected chi connectivity index (χ0v) is 17.8. The molecule has 5 aromatic rings. The van der Waals surface area contributed by atoms with E-state index in [0.717, 1.165) is 24.0 Å². The van der Waals surface area contributed by atoms with Crippen molar-refractivity contribution in [2.24, 2.45) is 0 Å². The molecule has 3 heteroatoms. The van der Waals surface area contributed by atoms with Gasteiger partial charge in [0.1, 0.15) is 0 Å². The Balaban J connectivity index is 1.68. The lowest BCUT2D eigenvalue weighted by Gasteiger charge is -2.31. The standard InChI is InChI=1S/C29H24N2O/c1-5-13-23(14-6-1)21-29(26-19-11-4-12-20-26,22-24-15-7-2-8-16-24)28-31-30-27(32-28)25-17-9-3-10-18-25/h1-20H,21-22H2. The number of rotatable bonds is 7. The van der Waals surface area contributed by atoms with E-state index in [2.05, 4.69) is 83.0 Å². The van der Waals surface area contributed by atoms with E-state index < -0.39 is 5.41 Å². The Morgan fingerprint density at radius 2 is 1.00 bits per heavy atom. The second-order valence-corrected chi connectivity index (χ2v) is 8.05. The highest BCUT2D eigenvalue weighted by molar-refractivity contribution is 5.52. The Labute approximate surface area is 188 Å². The van der Waals surface area contributed by atoms with Crippen LogP contribution in [0.5, 0.6) is 0 Å². The van der Waals surface area contributed by atoms with Crippen LogP contribution in [0.3, 0.4) is 0 Å². The first-order chi connectivity index (χ1) is 15.8. The smallest absolute Gasteiger partial charge is 0.247 e. The van der Waals surface area contributed by atoms with E-state index in [1.807, 2.05) is 48.5 Å². The Morgan fingerprint density at radius 3 is 1.53 bits per heavy atom. The number of benzene rings is 4. The fraction of sp³-hybridized carbons (Fsp3) is 0.103. The third-order valence-electron chi connectivity index (χ3n) is 5.88. The van der Waals surface area contributed by atoms with Gasteiger partial charge in [0, 0.05) is 5.56 Å². The minimum atomic E-state index is -0.496. The van der Waals surface area contributed by atoms with Crippen molar-refractivity contribution in [1.82, 2.24) is 10.2 Å². The van der Waals surface area contributed by atoms with Crippen LogP contribution in [0.2, 0.25) is 0 Å². The molecule has 0 fully saturated rings. The summed E-state index contributed by atoms with van der Waals surface area (Å²) >= 11 is 0. The lowest BCUT2D eigenvalue weighted by molar-refractivity contribution is 0.368. The lowest BCUT2D eigenvalue weighted by atomic mass is 9.71. The van der Waals surface area contributed by atoms with Crippen LogP contribution in [0, 0.1) is 0 Å². The molecular weight excluding hydrogens is 392 g/mol. The Hall–Kier alpha value is -3.98. The molecule has 156 valence electrons. The molecule has 0 unspecified atom stereocenters. The molecule has 0 N–H and O–H groups in total. The predicted molar refractivity (Wildman–Crippen MR) is 127 cm³/mol. The quantitative estimate of drug-likeness (QED) is 0.304. The summed E-state index contributed by atoms with van der Waals surface area (Å²) in [5.74, 6) is 1.18. The van der Waals surface area contributed by atoms with E-state index >= 15 is 0 Å². The van der Waals surface area contributed by atoms with Crippen molar-refractivity contribution in [1.29, 1.82) is 0 Å². The zero-order valence-electron chi connectivity index (χ0n) is 17.8. The molecule has 5 rings (SSSR count). The van der Waals surface area contributed by atoms with Crippen molar-refractivity contribution in [3.8, 4) is 11.5 Å². The summed E-state index contributed by atoms with van der Waals surface area (Å²) < 4.78 is 6.41. The zero-order chi connectivity index (χ0) is 21.6. The van der Waals surface area contributed by atoms with Crippen LogP contribution in [0.1, 0.15) is 22.6 Å². The minimum Gasteiger partial charge on any atom is -0.420 e. The highest BCUT2D eigenvalue weighted by Gasteiger charge is 2.40. The Bertz CT molecular complexity index is 1210. The SMILES string of the molecule is c1ccc(CC(Cc2ccccc2)(c2ccccc2)c2nnc(-c3ccccc3)o2)cc1. The summed E-state index contributed by atoms with van der Waals surface area (Å²) in [6, 6.07) is 41.5. The first-order valence-electron chi connectivity index (χ1n) is 10.9. The average molecular weight is 417 g/mol. The summed E-state index contributed by atoms with van der Waals surface area (Å²) in [5.41, 5.74) is 4.05. The van der Waals surface area contributed by atoms with Gasteiger partial charge in [-0.25, -0.2) is 0 Å². The molecular formula is C29H24N2O. The molecule has 0 aliphatic rings. The maximum atomic E-state index is 6.41. The van der Waals surface area contributed by atoms with Crippen LogP contribution < -0.4 is 0 Å². The van der Waals surface area contributed by atoms with Gasteiger partial charge in [-0.05, 0) is 41.7 Å². The topological polar surface area (TPSA) is 38.9 Å². The molecule has 0 radical (unpaired) electrons. The minimum absolute atomic E-state index is 0.496. The molecule has 1 heterocycles. The Kier molecular flexibility index (Phi) is 5.63. The summed E-state index contributed by atoms with van der Waals surface area (Å²) in [6.45, 7) is 0. The largest absolute Gasteiger partial charge is 0.420 e. The van der Waals surface area contributed by atoms with Gasteiger partial charge in [0.15, 0.2) is 0 Å². The second-order valence-electron chi connectivity index (χ2n) is 8.05. The highest BCUT2D eigenvalue weighted by Crippen LogP contribution is 2.39. The van der Waals surface area contributed by atoms with Gasteiger partial charge in [-0.3, -0.25) is 0 Å². The monoisotopic (exact) mass is 416 g/mol. The molecule has 0 saturated heterocycles. The van der Waals surface area contributed by atoms with E-state index in [9.17, 15) is 0 Å². The molecule has 3 nitrogen and oxygen atoms in total. The van der Waals surface area contributed by atoms with Gasteiger partial charge in [-0.15, -0.1) is 10.2 Å². The summed E-state index contributed by atoms with van der Waals surface area (Å²) in [5, 5.41) is 9.06. The van der Waals surface area contributed by atoms with Crippen molar-refractivity contribution < 1.29 is 4.42 Å². The molecule has 0 atom stereocenters. The van der Waals surface area contributed by atoms with E-state index in [1.165, 1.54) is 11.1 Å². The first-order valence-corrected chi connectivity index (χ1v) is 10.9. The van der Waals surface area contributed by atoms with Gasteiger partial charge in [-0.2, -0.15) is 0 Å². The fourth-order valence-corrected chi connectivity index (χ4v) is 4.30. The van der Waals surface area contributed by atoms with Crippen LogP contribution in [0.15, 0.2) is 126 Å². The molecule has 32 heavy (non-hydrogen) atoms. The molecule has 0 amide bonds. The van der Waals surface area contributed by atoms with Crippen molar-refractivity contribution in [3.05, 3.63) is 144 Å². The summed E-state index contributed by atoms with van der Waals surface area (Å²) in [4.78, 5) is 0. The van der Waals surface area contributed by atoms with Crippen LogP contribution in [0.25, 0.3) is 11.5 Å². The van der Waals surface area contributed by atoms with Crippen molar-refractivity contribution in [3.63, 3.8) is 0 Å². The van der Waals surface area contributed by atoms with Gasteiger partial charge in [0.25, 0.3) is 0 Å². The first kappa shape index (κ1) is 20.0. The van der Waals surface area contributed by atoms with Crippen molar-refractivity contribution in [2.75, 3.05) is 0 Å². The predicted octanol–water partition coefficient (Wildman–Crippen LogP) is 6.51. The number of hydrogen-bond acceptors (Lipinski definition) is 3. The molecule has 1 aromatic heterocycles. The number of nitrogens with zero attached hydrogens (tertiary/aromatic N) is 2. The maximum Gasteiger partial charge on any atom is 0.247 e. The fourth-order valence-electron chi connectivity index (χ4n) is 4.30. The molecule has 0 saturated carbocycles. The lowest BCUT2D eigenvalue weighted by Crippen LogP contribution is -2.34. The van der Waals surface area contributed by atoms with Gasteiger partial charge in [0.05, 0.1) is 5.41 Å². The van der Waals surface area contributed by atoms with E-state index in [-0.39, 0.29) is 0 Å². The molecule has 0 aliphatic carbocycles. The second kappa shape index (κ2) is 9.03. The number of hydrogen-bond donors (Lipinski definition) is 0. The van der Waals surface area contributed by atoms with Gasteiger partial charge in [0.2, 0.25) is 11.8 Å². The van der Waals surface area contributed by atoms with Crippen LogP contribution in [-0.4, -0.2) is 10.2 Å². The molecule has 0 spiro atoms.